The maximum absolute atomic E-state index is 12.9. The molecule has 3 rings (SSSR count). The molecule has 140 valence electrons. The van der Waals surface area contributed by atoms with E-state index in [0.29, 0.717) is 43.6 Å². The maximum atomic E-state index is 12.9. The van der Waals surface area contributed by atoms with Crippen molar-refractivity contribution >= 4 is 23.3 Å². The van der Waals surface area contributed by atoms with Crippen molar-refractivity contribution in [1.29, 1.82) is 0 Å². The van der Waals surface area contributed by atoms with Crippen LogP contribution < -0.4 is 4.90 Å². The molecule has 3 heterocycles. The molecule has 0 aromatic carbocycles. The highest BCUT2D eigenvalue weighted by Gasteiger charge is 2.25. The lowest BCUT2D eigenvalue weighted by Gasteiger charge is -2.35. The van der Waals surface area contributed by atoms with Crippen molar-refractivity contribution in [1.82, 2.24) is 19.7 Å². The predicted molar refractivity (Wildman–Crippen MR) is 101 cm³/mol. The van der Waals surface area contributed by atoms with E-state index in [1.807, 2.05) is 36.9 Å². The summed E-state index contributed by atoms with van der Waals surface area (Å²) in [6, 6.07) is 5.59. The Kier molecular flexibility index (Phi) is 6.11. The van der Waals surface area contributed by atoms with Crippen molar-refractivity contribution in [2.24, 2.45) is 0 Å². The Labute approximate surface area is 158 Å². The van der Waals surface area contributed by atoms with Gasteiger partial charge in [0.05, 0.1) is 23.9 Å². The second kappa shape index (κ2) is 8.51. The van der Waals surface area contributed by atoms with Crippen molar-refractivity contribution in [3.63, 3.8) is 0 Å². The molecule has 26 heavy (non-hydrogen) atoms. The molecule has 8 heteroatoms. The fraction of sp³-hybridized carbons (Fsp3) is 0.500. The largest absolute Gasteiger partial charge is 0.380 e. The van der Waals surface area contributed by atoms with Crippen LogP contribution in [0, 0.1) is 6.92 Å². The molecule has 0 spiro atoms. The minimum atomic E-state index is 0.0193. The minimum Gasteiger partial charge on any atom is -0.380 e. The van der Waals surface area contributed by atoms with Gasteiger partial charge in [-0.1, -0.05) is 11.6 Å². The number of halogens is 1. The van der Waals surface area contributed by atoms with E-state index < -0.39 is 0 Å². The van der Waals surface area contributed by atoms with Crippen molar-refractivity contribution in [2.75, 3.05) is 44.3 Å². The molecule has 0 radical (unpaired) electrons. The Morgan fingerprint density at radius 3 is 2.69 bits per heavy atom. The summed E-state index contributed by atoms with van der Waals surface area (Å²) in [7, 11) is 0. The summed E-state index contributed by atoms with van der Waals surface area (Å²) >= 11 is 5.89. The number of amides is 1. The van der Waals surface area contributed by atoms with E-state index in [2.05, 4.69) is 15.0 Å². The zero-order valence-corrected chi connectivity index (χ0v) is 15.9. The van der Waals surface area contributed by atoms with Crippen LogP contribution in [0.3, 0.4) is 0 Å². The van der Waals surface area contributed by atoms with E-state index >= 15 is 0 Å². The van der Waals surface area contributed by atoms with Gasteiger partial charge in [0.1, 0.15) is 11.5 Å². The van der Waals surface area contributed by atoms with E-state index in [9.17, 15) is 4.79 Å². The quantitative estimate of drug-likeness (QED) is 0.722. The van der Waals surface area contributed by atoms with Crippen molar-refractivity contribution in [2.45, 2.75) is 20.4 Å². The molecule has 2 aromatic rings. The predicted octanol–water partition coefficient (Wildman–Crippen LogP) is 2.24. The molecule has 0 aliphatic carbocycles. The molecule has 0 atom stereocenters. The van der Waals surface area contributed by atoms with Crippen LogP contribution in [-0.4, -0.2) is 65.0 Å². The molecule has 1 amide bonds. The van der Waals surface area contributed by atoms with Crippen LogP contribution in [0.2, 0.25) is 5.02 Å². The number of pyridine rings is 1. The van der Waals surface area contributed by atoms with Gasteiger partial charge in [0, 0.05) is 39.0 Å². The number of piperazine rings is 1. The van der Waals surface area contributed by atoms with Crippen molar-refractivity contribution in [3.8, 4) is 0 Å². The Morgan fingerprint density at radius 1 is 1.27 bits per heavy atom. The number of carbonyl (C=O) groups excluding carboxylic acids is 1. The number of anilines is 1. The second-order valence-electron chi connectivity index (χ2n) is 6.20. The van der Waals surface area contributed by atoms with Crippen molar-refractivity contribution in [3.05, 3.63) is 40.8 Å². The van der Waals surface area contributed by atoms with E-state index in [0.717, 1.165) is 24.6 Å². The van der Waals surface area contributed by atoms with Crippen LogP contribution in [0.4, 0.5) is 5.82 Å². The van der Waals surface area contributed by atoms with Gasteiger partial charge in [-0.05, 0) is 32.0 Å². The first kappa shape index (κ1) is 18.7. The summed E-state index contributed by atoms with van der Waals surface area (Å²) in [4.78, 5) is 21.3. The summed E-state index contributed by atoms with van der Waals surface area (Å²) in [6.07, 6.45) is 1.65. The van der Waals surface area contributed by atoms with E-state index in [4.69, 9.17) is 16.3 Å². The third-order valence-corrected chi connectivity index (χ3v) is 4.60. The number of ether oxygens (including phenoxy) is 1. The molecule has 2 aromatic heterocycles. The number of carbonyl (C=O) groups is 1. The molecule has 1 aliphatic heterocycles. The first-order chi connectivity index (χ1) is 12.6. The lowest BCUT2D eigenvalue weighted by atomic mass is 10.2. The number of nitrogens with zero attached hydrogens (tertiary/aromatic N) is 5. The van der Waals surface area contributed by atoms with Crippen LogP contribution in [0.5, 0.6) is 0 Å². The summed E-state index contributed by atoms with van der Waals surface area (Å²) in [5.74, 6) is 0.907. The lowest BCUT2D eigenvalue weighted by Crippen LogP contribution is -2.49. The van der Waals surface area contributed by atoms with Crippen LogP contribution in [-0.2, 0) is 11.3 Å². The number of rotatable bonds is 6. The fourth-order valence-electron chi connectivity index (χ4n) is 3.04. The Morgan fingerprint density at radius 2 is 2.04 bits per heavy atom. The van der Waals surface area contributed by atoms with Crippen molar-refractivity contribution < 1.29 is 9.53 Å². The first-order valence-corrected chi connectivity index (χ1v) is 9.24. The highest BCUT2D eigenvalue weighted by atomic mass is 35.5. The third kappa shape index (κ3) is 4.34. The number of aryl methyl sites for hydroxylation is 1. The monoisotopic (exact) mass is 377 g/mol. The Hall–Kier alpha value is -2.12. The molecule has 1 saturated heterocycles. The SMILES string of the molecule is CCOCCn1nc(C)cc1C(=O)N1CCN(c2ccc(Cl)cn2)CC1. The fourth-order valence-corrected chi connectivity index (χ4v) is 3.15. The second-order valence-corrected chi connectivity index (χ2v) is 6.64. The number of aromatic nitrogens is 3. The average molecular weight is 378 g/mol. The third-order valence-electron chi connectivity index (χ3n) is 4.38. The molecule has 1 aliphatic rings. The van der Waals surface area contributed by atoms with Gasteiger partial charge in [0.2, 0.25) is 0 Å². The van der Waals surface area contributed by atoms with Crippen LogP contribution >= 0.6 is 11.6 Å². The van der Waals surface area contributed by atoms with Crippen LogP contribution in [0.1, 0.15) is 23.1 Å². The van der Waals surface area contributed by atoms with Gasteiger partial charge in [-0.25, -0.2) is 4.98 Å². The van der Waals surface area contributed by atoms with E-state index in [1.54, 1.807) is 10.9 Å². The smallest absolute Gasteiger partial charge is 0.272 e. The van der Waals surface area contributed by atoms with Gasteiger partial charge < -0.3 is 14.5 Å². The molecule has 1 fully saturated rings. The molecular formula is C18H24ClN5O2. The average Bonchev–Trinajstić information content (AvgIpc) is 3.03. The standard InChI is InChI=1S/C18H24ClN5O2/c1-3-26-11-10-24-16(12-14(2)21-24)18(25)23-8-6-22(7-9-23)17-5-4-15(19)13-20-17/h4-5,12-13H,3,6-11H2,1-2H3. The highest BCUT2D eigenvalue weighted by molar-refractivity contribution is 6.30. The van der Waals surface area contributed by atoms with Gasteiger partial charge in [0.25, 0.3) is 5.91 Å². The Balaban J connectivity index is 1.62. The maximum Gasteiger partial charge on any atom is 0.272 e. The number of hydrogen-bond acceptors (Lipinski definition) is 5. The highest BCUT2D eigenvalue weighted by Crippen LogP contribution is 2.17. The minimum absolute atomic E-state index is 0.0193. The molecular weight excluding hydrogens is 354 g/mol. The lowest BCUT2D eigenvalue weighted by molar-refractivity contribution is 0.0728. The summed E-state index contributed by atoms with van der Waals surface area (Å²) in [5.41, 5.74) is 1.47. The van der Waals surface area contributed by atoms with E-state index in [-0.39, 0.29) is 5.91 Å². The van der Waals surface area contributed by atoms with Crippen LogP contribution in [0.15, 0.2) is 24.4 Å². The molecule has 7 nitrogen and oxygen atoms in total. The molecule has 0 unspecified atom stereocenters. The summed E-state index contributed by atoms with van der Waals surface area (Å²) in [6.45, 7) is 8.43. The van der Waals surface area contributed by atoms with Gasteiger partial charge in [0.15, 0.2) is 0 Å². The van der Waals surface area contributed by atoms with E-state index in [1.165, 1.54) is 0 Å². The molecule has 0 saturated carbocycles. The van der Waals surface area contributed by atoms with Gasteiger partial charge in [-0.2, -0.15) is 5.10 Å². The van der Waals surface area contributed by atoms with Gasteiger partial charge in [-0.3, -0.25) is 9.48 Å². The van der Waals surface area contributed by atoms with Crippen LogP contribution in [0.25, 0.3) is 0 Å². The summed E-state index contributed by atoms with van der Waals surface area (Å²) < 4.78 is 7.14. The Bertz CT molecular complexity index is 739. The zero-order chi connectivity index (χ0) is 18.5. The van der Waals surface area contributed by atoms with Gasteiger partial charge in [-0.15, -0.1) is 0 Å². The molecule has 0 N–H and O–H groups in total. The topological polar surface area (TPSA) is 63.5 Å². The molecule has 0 bridgehead atoms. The summed E-state index contributed by atoms with van der Waals surface area (Å²) in [5, 5.41) is 5.05. The number of hydrogen-bond donors (Lipinski definition) is 0. The first-order valence-electron chi connectivity index (χ1n) is 8.86. The van der Waals surface area contributed by atoms with Gasteiger partial charge >= 0.3 is 0 Å². The normalized spacial score (nSPS) is 14.7. The zero-order valence-electron chi connectivity index (χ0n) is 15.2.